The van der Waals surface area contributed by atoms with E-state index in [2.05, 4.69) is 21.0 Å². The maximum absolute atomic E-state index is 12.4. The molecule has 0 radical (unpaired) electrons. The number of aryl methyl sites for hydroxylation is 3. The zero-order valence-corrected chi connectivity index (χ0v) is 11.6. The van der Waals surface area contributed by atoms with Crippen molar-refractivity contribution < 1.29 is 4.79 Å². The van der Waals surface area contributed by atoms with Crippen LogP contribution in [-0.4, -0.2) is 15.6 Å². The van der Waals surface area contributed by atoms with Crippen molar-refractivity contribution >= 4 is 21.7 Å². The van der Waals surface area contributed by atoms with Crippen LogP contribution in [0.1, 0.15) is 27.2 Å². The predicted octanol–water partition coefficient (Wildman–Crippen LogP) is 3.03. The molecule has 0 bridgehead atoms. The van der Waals surface area contributed by atoms with Gasteiger partial charge < -0.3 is 0 Å². The fourth-order valence-corrected chi connectivity index (χ4v) is 2.39. The Labute approximate surface area is 109 Å². The van der Waals surface area contributed by atoms with Crippen LogP contribution in [0.5, 0.6) is 0 Å². The number of carbonyl (C=O) groups excluding carboxylic acids is 1. The fourth-order valence-electron chi connectivity index (χ4n) is 1.86. The van der Waals surface area contributed by atoms with Gasteiger partial charge in [0.15, 0.2) is 0 Å². The Morgan fingerprint density at radius 1 is 1.35 bits per heavy atom. The molecule has 0 saturated carbocycles. The standard InChI is InChI=1S/C13H13BrN2O/c1-8-4-5-10(9(2)6-8)13(17)12-11(14)7-15-16(12)3/h4-7H,1-3H3. The van der Waals surface area contributed by atoms with Crippen molar-refractivity contribution in [2.24, 2.45) is 7.05 Å². The minimum Gasteiger partial charge on any atom is -0.287 e. The lowest BCUT2D eigenvalue weighted by Gasteiger charge is -2.06. The number of hydrogen-bond donors (Lipinski definition) is 0. The summed E-state index contributed by atoms with van der Waals surface area (Å²) in [5.74, 6) is -0.00521. The van der Waals surface area contributed by atoms with Crippen LogP contribution in [-0.2, 0) is 7.05 Å². The van der Waals surface area contributed by atoms with Crippen molar-refractivity contribution in [3.63, 3.8) is 0 Å². The Hall–Kier alpha value is -1.42. The van der Waals surface area contributed by atoms with Gasteiger partial charge in [-0.2, -0.15) is 5.10 Å². The molecular weight excluding hydrogens is 280 g/mol. The van der Waals surface area contributed by atoms with Crippen LogP contribution in [0.4, 0.5) is 0 Å². The van der Waals surface area contributed by atoms with Crippen LogP contribution in [0.15, 0.2) is 28.9 Å². The smallest absolute Gasteiger partial charge is 0.212 e. The summed E-state index contributed by atoms with van der Waals surface area (Å²) in [5, 5.41) is 4.06. The molecule has 1 aromatic heterocycles. The molecule has 0 spiro atoms. The average Bonchev–Trinajstić information content (AvgIpc) is 2.58. The van der Waals surface area contributed by atoms with Gasteiger partial charge in [0, 0.05) is 12.6 Å². The maximum Gasteiger partial charge on any atom is 0.212 e. The van der Waals surface area contributed by atoms with Crippen LogP contribution in [0.25, 0.3) is 0 Å². The molecule has 1 heterocycles. The largest absolute Gasteiger partial charge is 0.287 e. The third-order valence-electron chi connectivity index (χ3n) is 2.74. The molecule has 0 amide bonds. The molecule has 0 saturated heterocycles. The highest BCUT2D eigenvalue weighted by molar-refractivity contribution is 9.10. The third-order valence-corrected chi connectivity index (χ3v) is 3.32. The van der Waals surface area contributed by atoms with Gasteiger partial charge in [0.2, 0.25) is 5.78 Å². The molecule has 0 atom stereocenters. The van der Waals surface area contributed by atoms with E-state index < -0.39 is 0 Å². The van der Waals surface area contributed by atoms with Gasteiger partial charge in [-0.3, -0.25) is 9.48 Å². The van der Waals surface area contributed by atoms with Gasteiger partial charge in [-0.15, -0.1) is 0 Å². The lowest BCUT2D eigenvalue weighted by atomic mass is 10.0. The zero-order valence-electron chi connectivity index (χ0n) is 9.99. The number of nitrogens with zero attached hydrogens (tertiary/aromatic N) is 2. The summed E-state index contributed by atoms with van der Waals surface area (Å²) in [4.78, 5) is 12.4. The number of hydrogen-bond acceptors (Lipinski definition) is 2. The van der Waals surface area contributed by atoms with Crippen LogP contribution in [0, 0.1) is 13.8 Å². The van der Waals surface area contributed by atoms with E-state index in [1.807, 2.05) is 32.0 Å². The van der Waals surface area contributed by atoms with Gasteiger partial charge in [-0.1, -0.05) is 23.8 Å². The van der Waals surface area contributed by atoms with Gasteiger partial charge in [0.1, 0.15) is 5.69 Å². The molecule has 3 nitrogen and oxygen atoms in total. The monoisotopic (exact) mass is 292 g/mol. The predicted molar refractivity (Wildman–Crippen MR) is 70.3 cm³/mol. The summed E-state index contributed by atoms with van der Waals surface area (Å²) in [6.07, 6.45) is 1.64. The van der Waals surface area contributed by atoms with Crippen LogP contribution in [0.3, 0.4) is 0 Å². The number of halogens is 1. The summed E-state index contributed by atoms with van der Waals surface area (Å²) in [6.45, 7) is 3.96. The van der Waals surface area contributed by atoms with E-state index in [4.69, 9.17) is 0 Å². The number of aromatic nitrogens is 2. The minimum atomic E-state index is -0.00521. The summed E-state index contributed by atoms with van der Waals surface area (Å²) in [6, 6.07) is 5.83. The Balaban J connectivity index is 2.51. The first kappa shape index (κ1) is 12.0. The van der Waals surface area contributed by atoms with Gasteiger partial charge in [-0.25, -0.2) is 0 Å². The summed E-state index contributed by atoms with van der Waals surface area (Å²) < 4.78 is 2.32. The summed E-state index contributed by atoms with van der Waals surface area (Å²) in [7, 11) is 1.77. The lowest BCUT2D eigenvalue weighted by Crippen LogP contribution is -2.10. The van der Waals surface area contributed by atoms with Crippen LogP contribution in [0.2, 0.25) is 0 Å². The Kier molecular flexibility index (Phi) is 3.15. The highest BCUT2D eigenvalue weighted by Crippen LogP contribution is 2.21. The quantitative estimate of drug-likeness (QED) is 0.798. The third kappa shape index (κ3) is 2.17. The van der Waals surface area contributed by atoms with Crippen molar-refractivity contribution in [1.29, 1.82) is 0 Å². The summed E-state index contributed by atoms with van der Waals surface area (Å²) in [5.41, 5.74) is 3.45. The maximum atomic E-state index is 12.4. The van der Waals surface area contributed by atoms with E-state index in [1.54, 1.807) is 17.9 Å². The van der Waals surface area contributed by atoms with Gasteiger partial charge in [0.25, 0.3) is 0 Å². The Morgan fingerprint density at radius 3 is 2.59 bits per heavy atom. The molecule has 0 aliphatic carbocycles. The minimum absolute atomic E-state index is 0.00521. The first-order chi connectivity index (χ1) is 8.00. The highest BCUT2D eigenvalue weighted by Gasteiger charge is 2.18. The first-order valence-corrected chi connectivity index (χ1v) is 6.09. The fraction of sp³-hybridized carbons (Fsp3) is 0.231. The second-order valence-corrected chi connectivity index (χ2v) is 4.97. The van der Waals surface area contributed by atoms with Crippen molar-refractivity contribution in [1.82, 2.24) is 9.78 Å². The Morgan fingerprint density at radius 2 is 2.06 bits per heavy atom. The van der Waals surface area contributed by atoms with Gasteiger partial charge in [-0.05, 0) is 35.3 Å². The lowest BCUT2D eigenvalue weighted by molar-refractivity contribution is 0.102. The SMILES string of the molecule is Cc1ccc(C(=O)c2c(Br)cnn2C)c(C)c1. The van der Waals surface area contributed by atoms with E-state index >= 15 is 0 Å². The molecule has 0 N–H and O–H groups in total. The molecule has 88 valence electrons. The van der Waals surface area contributed by atoms with E-state index in [-0.39, 0.29) is 5.78 Å². The van der Waals surface area contributed by atoms with Crippen molar-refractivity contribution in [2.75, 3.05) is 0 Å². The molecule has 17 heavy (non-hydrogen) atoms. The van der Waals surface area contributed by atoms with Gasteiger partial charge in [0.05, 0.1) is 10.7 Å². The van der Waals surface area contributed by atoms with Crippen LogP contribution >= 0.6 is 15.9 Å². The molecule has 0 aliphatic heterocycles. The number of benzene rings is 1. The zero-order chi connectivity index (χ0) is 12.6. The molecule has 1 aromatic carbocycles. The summed E-state index contributed by atoms with van der Waals surface area (Å²) >= 11 is 3.35. The second kappa shape index (κ2) is 4.45. The number of ketones is 1. The molecular formula is C13H13BrN2O. The highest BCUT2D eigenvalue weighted by atomic mass is 79.9. The molecule has 2 rings (SSSR count). The number of rotatable bonds is 2. The average molecular weight is 293 g/mol. The van der Waals surface area contributed by atoms with Crippen molar-refractivity contribution in [3.05, 3.63) is 51.3 Å². The molecule has 0 fully saturated rings. The van der Waals surface area contributed by atoms with Gasteiger partial charge >= 0.3 is 0 Å². The molecule has 4 heteroatoms. The topological polar surface area (TPSA) is 34.9 Å². The van der Waals surface area contributed by atoms with E-state index in [1.165, 1.54) is 0 Å². The van der Waals surface area contributed by atoms with E-state index in [9.17, 15) is 4.79 Å². The Bertz CT molecular complexity index is 568. The molecule has 2 aromatic rings. The first-order valence-electron chi connectivity index (χ1n) is 5.30. The van der Waals surface area contributed by atoms with Crippen LogP contribution < -0.4 is 0 Å². The van der Waals surface area contributed by atoms with Crippen molar-refractivity contribution in [2.45, 2.75) is 13.8 Å². The molecule has 0 unspecified atom stereocenters. The van der Waals surface area contributed by atoms with E-state index in [0.717, 1.165) is 21.2 Å². The van der Waals surface area contributed by atoms with Crippen molar-refractivity contribution in [3.8, 4) is 0 Å². The van der Waals surface area contributed by atoms with E-state index in [0.29, 0.717) is 5.69 Å². The number of carbonyl (C=O) groups is 1. The normalized spacial score (nSPS) is 10.6. The molecule has 0 aliphatic rings. The second-order valence-electron chi connectivity index (χ2n) is 4.11.